The third-order valence-corrected chi connectivity index (χ3v) is 4.25. The van der Waals surface area contributed by atoms with E-state index in [1.165, 1.54) is 19.4 Å². The van der Waals surface area contributed by atoms with Crippen LogP contribution in [0, 0.1) is 17.3 Å². The molecule has 0 aliphatic carbocycles. The van der Waals surface area contributed by atoms with Gasteiger partial charge in [-0.1, -0.05) is 48.0 Å². The van der Waals surface area contributed by atoms with Gasteiger partial charge in [0.2, 0.25) is 0 Å². The van der Waals surface area contributed by atoms with E-state index in [1.807, 2.05) is 0 Å². The summed E-state index contributed by atoms with van der Waals surface area (Å²) in [7, 11) is 2.28. The van der Waals surface area contributed by atoms with Crippen molar-refractivity contribution >= 4 is 0 Å². The third-order valence-electron chi connectivity index (χ3n) is 4.25. The lowest BCUT2D eigenvalue weighted by Crippen LogP contribution is -2.45. The molecule has 2 atom stereocenters. The molecule has 0 aliphatic rings. The van der Waals surface area contributed by atoms with Crippen molar-refractivity contribution in [2.24, 2.45) is 17.3 Å². The van der Waals surface area contributed by atoms with Crippen molar-refractivity contribution in [3.8, 4) is 0 Å². The first-order valence-corrected chi connectivity index (χ1v) is 8.12. The van der Waals surface area contributed by atoms with Crippen LogP contribution in [0.3, 0.4) is 0 Å². The molecule has 0 aromatic rings. The molecular formula is C17H38N2. The Hall–Kier alpha value is -0.0800. The van der Waals surface area contributed by atoms with Crippen LogP contribution in [0.4, 0.5) is 0 Å². The molecule has 0 aliphatic heterocycles. The molecule has 0 bridgehead atoms. The van der Waals surface area contributed by atoms with Gasteiger partial charge < -0.3 is 10.2 Å². The summed E-state index contributed by atoms with van der Waals surface area (Å²) in [5.74, 6) is 1.46. The average Bonchev–Trinajstić information content (AvgIpc) is 2.27. The highest BCUT2D eigenvalue weighted by molar-refractivity contribution is 4.82. The van der Waals surface area contributed by atoms with E-state index in [1.54, 1.807) is 0 Å². The van der Waals surface area contributed by atoms with Crippen LogP contribution in [-0.2, 0) is 0 Å². The molecule has 0 heterocycles. The molecule has 0 saturated heterocycles. The Morgan fingerprint density at radius 1 is 1.11 bits per heavy atom. The number of hydrogen-bond donors (Lipinski definition) is 1. The largest absolute Gasteiger partial charge is 0.316 e. The molecule has 2 heteroatoms. The van der Waals surface area contributed by atoms with E-state index in [9.17, 15) is 0 Å². The van der Waals surface area contributed by atoms with Crippen molar-refractivity contribution in [3.63, 3.8) is 0 Å². The van der Waals surface area contributed by atoms with Crippen LogP contribution < -0.4 is 5.32 Å². The van der Waals surface area contributed by atoms with Gasteiger partial charge in [-0.05, 0) is 44.2 Å². The maximum atomic E-state index is 3.66. The minimum absolute atomic E-state index is 0.390. The predicted molar refractivity (Wildman–Crippen MR) is 87.7 cm³/mol. The van der Waals surface area contributed by atoms with Crippen LogP contribution in [0.15, 0.2) is 0 Å². The fourth-order valence-electron chi connectivity index (χ4n) is 2.74. The lowest BCUT2D eigenvalue weighted by molar-refractivity contribution is 0.120. The monoisotopic (exact) mass is 270 g/mol. The zero-order valence-electron chi connectivity index (χ0n) is 14.7. The van der Waals surface area contributed by atoms with Gasteiger partial charge in [-0.2, -0.15) is 0 Å². The molecular weight excluding hydrogens is 232 g/mol. The Bertz CT molecular complexity index is 225. The highest BCUT2D eigenvalue weighted by atomic mass is 15.1. The van der Waals surface area contributed by atoms with Gasteiger partial charge in [-0.15, -0.1) is 0 Å². The van der Waals surface area contributed by atoms with Crippen molar-refractivity contribution in [1.82, 2.24) is 10.2 Å². The number of rotatable bonds is 10. The molecule has 0 aromatic heterocycles. The van der Waals surface area contributed by atoms with Crippen LogP contribution in [0.25, 0.3) is 0 Å². The first kappa shape index (κ1) is 18.9. The fraction of sp³-hybridized carbons (Fsp3) is 1.00. The minimum atomic E-state index is 0.390. The number of hydrogen-bond acceptors (Lipinski definition) is 2. The van der Waals surface area contributed by atoms with Crippen molar-refractivity contribution in [2.45, 2.75) is 67.3 Å². The van der Waals surface area contributed by atoms with Gasteiger partial charge in [0.25, 0.3) is 0 Å². The molecule has 0 amide bonds. The fourth-order valence-corrected chi connectivity index (χ4v) is 2.74. The Morgan fingerprint density at radius 3 is 2.11 bits per heavy atom. The molecule has 1 N–H and O–H groups in total. The highest BCUT2D eigenvalue weighted by Crippen LogP contribution is 2.25. The van der Waals surface area contributed by atoms with Gasteiger partial charge >= 0.3 is 0 Å². The van der Waals surface area contributed by atoms with Crippen LogP contribution in [0.2, 0.25) is 0 Å². The van der Waals surface area contributed by atoms with E-state index in [4.69, 9.17) is 0 Å². The van der Waals surface area contributed by atoms with Crippen LogP contribution in [-0.4, -0.2) is 37.6 Å². The lowest BCUT2D eigenvalue weighted by atomic mass is 9.84. The number of nitrogens with zero attached hydrogens (tertiary/aromatic N) is 1. The normalized spacial score (nSPS) is 17.2. The smallest absolute Gasteiger partial charge is 0.00871 e. The third kappa shape index (κ3) is 7.94. The summed E-state index contributed by atoms with van der Waals surface area (Å²) in [6, 6.07) is 0.654. The van der Waals surface area contributed by atoms with E-state index in [0.717, 1.165) is 24.9 Å². The lowest BCUT2D eigenvalue weighted by Gasteiger charge is -2.38. The summed E-state index contributed by atoms with van der Waals surface area (Å²) in [5.41, 5.74) is 0.390. The molecule has 0 spiro atoms. The van der Waals surface area contributed by atoms with Crippen LogP contribution in [0.5, 0.6) is 0 Å². The first-order chi connectivity index (χ1) is 8.72. The van der Waals surface area contributed by atoms with Gasteiger partial charge in [0.05, 0.1) is 0 Å². The molecule has 0 saturated carbocycles. The summed E-state index contributed by atoms with van der Waals surface area (Å²) < 4.78 is 0. The Kier molecular flexibility index (Phi) is 8.93. The van der Waals surface area contributed by atoms with Gasteiger partial charge in [-0.3, -0.25) is 0 Å². The molecule has 0 fully saturated rings. The van der Waals surface area contributed by atoms with E-state index in [0.29, 0.717) is 11.5 Å². The standard InChI is InChI=1S/C17H38N2/c1-9-10-17(7,12-18-11-14(2)3)13-19(8)16(6)15(4)5/h14-16,18H,9-13H2,1-8H3. The Balaban J connectivity index is 4.43. The van der Waals surface area contributed by atoms with E-state index in [-0.39, 0.29) is 0 Å². The van der Waals surface area contributed by atoms with Gasteiger partial charge in [-0.25, -0.2) is 0 Å². The molecule has 19 heavy (non-hydrogen) atoms. The summed E-state index contributed by atoms with van der Waals surface area (Å²) in [4.78, 5) is 2.54. The first-order valence-electron chi connectivity index (χ1n) is 8.12. The van der Waals surface area contributed by atoms with Crippen molar-refractivity contribution in [2.75, 3.05) is 26.7 Å². The van der Waals surface area contributed by atoms with Gasteiger partial charge in [0.1, 0.15) is 0 Å². The summed E-state index contributed by atoms with van der Waals surface area (Å²) in [6.07, 6.45) is 2.57. The summed E-state index contributed by atoms with van der Waals surface area (Å²) in [6.45, 7) is 19.7. The summed E-state index contributed by atoms with van der Waals surface area (Å²) >= 11 is 0. The molecule has 0 aromatic carbocycles. The minimum Gasteiger partial charge on any atom is -0.316 e. The summed E-state index contributed by atoms with van der Waals surface area (Å²) in [5, 5.41) is 3.66. The van der Waals surface area contributed by atoms with Crippen molar-refractivity contribution < 1.29 is 0 Å². The second-order valence-electron chi connectivity index (χ2n) is 7.49. The maximum absolute atomic E-state index is 3.66. The Morgan fingerprint density at radius 2 is 1.68 bits per heavy atom. The van der Waals surface area contributed by atoms with Crippen molar-refractivity contribution in [1.29, 1.82) is 0 Å². The van der Waals surface area contributed by atoms with Crippen LogP contribution >= 0.6 is 0 Å². The molecule has 116 valence electrons. The predicted octanol–water partition coefficient (Wildman–Crippen LogP) is 4.01. The zero-order chi connectivity index (χ0) is 15.1. The van der Waals surface area contributed by atoms with Crippen molar-refractivity contribution in [3.05, 3.63) is 0 Å². The van der Waals surface area contributed by atoms with E-state index < -0.39 is 0 Å². The second-order valence-corrected chi connectivity index (χ2v) is 7.49. The zero-order valence-corrected chi connectivity index (χ0v) is 14.7. The molecule has 0 radical (unpaired) electrons. The van der Waals surface area contributed by atoms with Gasteiger partial charge in [0.15, 0.2) is 0 Å². The quantitative estimate of drug-likeness (QED) is 0.645. The topological polar surface area (TPSA) is 15.3 Å². The average molecular weight is 271 g/mol. The Labute approximate surface area is 122 Å². The molecule has 2 nitrogen and oxygen atoms in total. The highest BCUT2D eigenvalue weighted by Gasteiger charge is 2.27. The van der Waals surface area contributed by atoms with E-state index >= 15 is 0 Å². The number of nitrogens with one attached hydrogen (secondary N) is 1. The second kappa shape index (κ2) is 8.97. The van der Waals surface area contributed by atoms with Gasteiger partial charge in [0, 0.05) is 19.1 Å². The molecule has 0 rings (SSSR count). The SMILES string of the molecule is CCCC(C)(CNCC(C)C)CN(C)C(C)C(C)C. The van der Waals surface area contributed by atoms with E-state index in [2.05, 4.69) is 65.7 Å². The maximum Gasteiger partial charge on any atom is 0.00871 e. The van der Waals surface area contributed by atoms with Crippen LogP contribution in [0.1, 0.15) is 61.3 Å². The molecule has 2 unspecified atom stereocenters.